The van der Waals surface area contributed by atoms with Crippen LogP contribution in [0.5, 0.6) is 11.5 Å². The molecule has 7 heteroatoms. The van der Waals surface area contributed by atoms with Crippen molar-refractivity contribution < 1.29 is 9.26 Å². The monoisotopic (exact) mass is 403 g/mol. The third-order valence-corrected chi connectivity index (χ3v) is 5.48. The maximum atomic E-state index is 5.88. The molecule has 1 heterocycles. The van der Waals surface area contributed by atoms with E-state index in [2.05, 4.69) is 29.2 Å². The fourth-order valence-electron chi connectivity index (χ4n) is 2.06. The Balaban J connectivity index is 0.00000126. The van der Waals surface area contributed by atoms with Crippen LogP contribution in [-0.4, -0.2) is 21.0 Å². The molecule has 0 radical (unpaired) electrons. The lowest BCUT2D eigenvalue weighted by molar-refractivity contribution is 0.380. The first-order valence-corrected chi connectivity index (χ1v) is 11.0. The zero-order valence-corrected chi connectivity index (χ0v) is 17.5. The molecule has 0 aliphatic carbocycles. The van der Waals surface area contributed by atoms with Crippen LogP contribution in [0, 0.1) is 0 Å². The average molecular weight is 404 g/mol. The first-order valence-electron chi connectivity index (χ1n) is 8.90. The van der Waals surface area contributed by atoms with Crippen LogP contribution < -0.4 is 10.5 Å². The molecule has 1 aromatic heterocycles. The van der Waals surface area contributed by atoms with E-state index in [1.807, 2.05) is 73.8 Å². The smallest absolute Gasteiger partial charge is 0.240 e. The topological polar surface area (TPSA) is 74.2 Å². The summed E-state index contributed by atoms with van der Waals surface area (Å²) < 4.78 is 10.9. The maximum absolute atomic E-state index is 5.88. The molecule has 0 spiro atoms. The first kappa shape index (κ1) is 21.3. The molecular weight excluding hydrogens is 378 g/mol. The van der Waals surface area contributed by atoms with Gasteiger partial charge in [-0.15, -0.1) is 11.8 Å². The van der Waals surface area contributed by atoms with E-state index >= 15 is 0 Å². The lowest BCUT2D eigenvalue weighted by Crippen LogP contribution is -1.95. The molecule has 0 amide bonds. The summed E-state index contributed by atoms with van der Waals surface area (Å²) >= 11 is 3.76. The third-order valence-electron chi connectivity index (χ3n) is 3.33. The minimum atomic E-state index is 0.236. The van der Waals surface area contributed by atoms with Crippen molar-refractivity contribution in [2.45, 2.75) is 32.2 Å². The molecule has 144 valence electrons. The molecule has 0 unspecified atom stereocenters. The van der Waals surface area contributed by atoms with E-state index in [1.54, 1.807) is 0 Å². The van der Waals surface area contributed by atoms with Gasteiger partial charge >= 0.3 is 0 Å². The van der Waals surface area contributed by atoms with Crippen LogP contribution in [0.15, 0.2) is 57.9 Å². The summed E-state index contributed by atoms with van der Waals surface area (Å²) in [5.41, 5.74) is 6.33. The minimum Gasteiger partial charge on any atom is -0.457 e. The van der Waals surface area contributed by atoms with Crippen molar-refractivity contribution in [2.24, 2.45) is 5.73 Å². The number of thioether (sulfide) groups is 2. The molecule has 0 fully saturated rings. The summed E-state index contributed by atoms with van der Waals surface area (Å²) in [6.45, 7) is 6.41. The zero-order chi connectivity index (χ0) is 19.5. The number of hydrogen-bond donors (Lipinski definition) is 1. The number of rotatable bonds is 8. The molecule has 5 nitrogen and oxygen atoms in total. The Labute approximate surface area is 169 Å². The van der Waals surface area contributed by atoms with Gasteiger partial charge in [-0.3, -0.25) is 0 Å². The number of nitrogens with zero attached hydrogens (tertiary/aromatic N) is 2. The van der Waals surface area contributed by atoms with Crippen molar-refractivity contribution >= 4 is 23.5 Å². The molecule has 0 saturated heterocycles. The van der Waals surface area contributed by atoms with Crippen molar-refractivity contribution in [3.63, 3.8) is 0 Å². The van der Waals surface area contributed by atoms with Gasteiger partial charge in [-0.05, 0) is 54.3 Å². The number of benzene rings is 2. The molecule has 0 bridgehead atoms. The van der Waals surface area contributed by atoms with Crippen LogP contribution in [-0.2, 0) is 6.54 Å². The molecule has 2 aromatic carbocycles. The number of hydrogen-bond acceptors (Lipinski definition) is 7. The standard InChI is InChI=1S/C18H19N3O2S2.C2H6/c1-2-24-12-25-16-9-7-15(8-10-16)22-14-5-3-13(4-6-14)18-20-17(11-19)23-21-18;1-2/h3-10H,2,11-12,19H2,1H3;1-2H3. The van der Waals surface area contributed by atoms with Gasteiger partial charge in [0.2, 0.25) is 11.7 Å². The van der Waals surface area contributed by atoms with E-state index in [9.17, 15) is 0 Å². The van der Waals surface area contributed by atoms with Crippen LogP contribution >= 0.6 is 23.5 Å². The van der Waals surface area contributed by atoms with Gasteiger partial charge in [0, 0.05) is 15.5 Å². The van der Waals surface area contributed by atoms with Gasteiger partial charge in [-0.1, -0.05) is 25.9 Å². The summed E-state index contributed by atoms with van der Waals surface area (Å²) in [6.07, 6.45) is 0. The third kappa shape index (κ3) is 6.61. The van der Waals surface area contributed by atoms with Crippen molar-refractivity contribution in [2.75, 3.05) is 10.8 Å². The van der Waals surface area contributed by atoms with Crippen LogP contribution in [0.2, 0.25) is 0 Å². The molecule has 0 aliphatic rings. The van der Waals surface area contributed by atoms with E-state index in [4.69, 9.17) is 15.0 Å². The lowest BCUT2D eigenvalue weighted by Gasteiger charge is -2.07. The number of aromatic nitrogens is 2. The molecule has 0 atom stereocenters. The van der Waals surface area contributed by atoms with Crippen molar-refractivity contribution in [1.82, 2.24) is 10.1 Å². The predicted octanol–water partition coefficient (Wildman–Crippen LogP) is 5.82. The Morgan fingerprint density at radius 1 is 1.00 bits per heavy atom. The predicted molar refractivity (Wildman–Crippen MR) is 114 cm³/mol. The van der Waals surface area contributed by atoms with Crippen LogP contribution in [0.3, 0.4) is 0 Å². The molecular formula is C20H25N3O2S2. The Morgan fingerprint density at radius 3 is 2.19 bits per heavy atom. The normalized spacial score (nSPS) is 10.2. The van der Waals surface area contributed by atoms with Gasteiger partial charge < -0.3 is 15.0 Å². The summed E-state index contributed by atoms with van der Waals surface area (Å²) in [7, 11) is 0. The van der Waals surface area contributed by atoms with Crippen molar-refractivity contribution in [3.05, 3.63) is 54.4 Å². The number of nitrogens with two attached hydrogens (primary N) is 1. The van der Waals surface area contributed by atoms with Gasteiger partial charge in [-0.2, -0.15) is 16.7 Å². The van der Waals surface area contributed by atoms with Crippen molar-refractivity contribution in [1.29, 1.82) is 0 Å². The van der Waals surface area contributed by atoms with Crippen LogP contribution in [0.4, 0.5) is 0 Å². The second-order valence-corrected chi connectivity index (χ2v) is 7.76. The minimum absolute atomic E-state index is 0.236. The van der Waals surface area contributed by atoms with E-state index in [0.717, 1.165) is 27.9 Å². The largest absolute Gasteiger partial charge is 0.457 e. The molecule has 27 heavy (non-hydrogen) atoms. The fourth-order valence-corrected chi connectivity index (χ4v) is 3.93. The average Bonchev–Trinajstić information content (AvgIpc) is 3.21. The van der Waals surface area contributed by atoms with E-state index in [-0.39, 0.29) is 6.54 Å². The van der Waals surface area contributed by atoms with Gasteiger partial charge in [0.1, 0.15) is 11.5 Å². The molecule has 0 aliphatic heterocycles. The van der Waals surface area contributed by atoms with E-state index in [1.165, 1.54) is 4.90 Å². The summed E-state index contributed by atoms with van der Waals surface area (Å²) in [5.74, 6) is 3.66. The summed E-state index contributed by atoms with van der Waals surface area (Å²) in [5, 5.41) is 4.97. The Kier molecular flexibility index (Phi) is 9.24. The highest BCUT2D eigenvalue weighted by molar-refractivity contribution is 8.16. The van der Waals surface area contributed by atoms with Crippen LogP contribution in [0.1, 0.15) is 26.7 Å². The van der Waals surface area contributed by atoms with Crippen molar-refractivity contribution in [3.8, 4) is 22.9 Å². The highest BCUT2D eigenvalue weighted by Gasteiger charge is 2.07. The Bertz CT molecular complexity index is 790. The lowest BCUT2D eigenvalue weighted by atomic mass is 10.2. The Morgan fingerprint density at radius 2 is 1.63 bits per heavy atom. The number of ether oxygens (including phenoxy) is 1. The van der Waals surface area contributed by atoms with Gasteiger partial charge in [-0.25, -0.2) is 0 Å². The first-order chi connectivity index (χ1) is 13.3. The maximum Gasteiger partial charge on any atom is 0.240 e. The quantitative estimate of drug-likeness (QED) is 0.289. The zero-order valence-electron chi connectivity index (χ0n) is 15.8. The highest BCUT2D eigenvalue weighted by atomic mass is 32.2. The molecule has 2 N–H and O–H groups in total. The molecule has 3 rings (SSSR count). The summed E-state index contributed by atoms with van der Waals surface area (Å²) in [6, 6.07) is 15.7. The Hall–Kier alpha value is -1.96. The van der Waals surface area contributed by atoms with Gasteiger partial charge in [0.25, 0.3) is 0 Å². The van der Waals surface area contributed by atoms with Crippen LogP contribution in [0.25, 0.3) is 11.4 Å². The summed E-state index contributed by atoms with van der Waals surface area (Å²) in [4.78, 5) is 5.45. The van der Waals surface area contributed by atoms with E-state index < -0.39 is 0 Å². The second kappa shape index (κ2) is 11.7. The second-order valence-electron chi connectivity index (χ2n) is 5.07. The highest BCUT2D eigenvalue weighted by Crippen LogP contribution is 2.28. The van der Waals surface area contributed by atoms with E-state index in [0.29, 0.717) is 11.7 Å². The van der Waals surface area contributed by atoms with Gasteiger partial charge in [0.15, 0.2) is 0 Å². The van der Waals surface area contributed by atoms with Gasteiger partial charge in [0.05, 0.1) is 6.54 Å². The molecule has 0 saturated carbocycles. The fraction of sp³-hybridized carbons (Fsp3) is 0.300. The SMILES string of the molecule is CC.CCSCSc1ccc(Oc2ccc(-c3noc(CN)n3)cc2)cc1. The molecule has 3 aromatic rings.